The highest BCUT2D eigenvalue weighted by Gasteiger charge is 2.26. The summed E-state index contributed by atoms with van der Waals surface area (Å²) in [5.41, 5.74) is 2.47. The molecule has 0 bridgehead atoms. The van der Waals surface area contributed by atoms with E-state index >= 15 is 0 Å². The molecule has 172 valence electrons. The van der Waals surface area contributed by atoms with Crippen LogP contribution in [0.15, 0.2) is 89.7 Å². The smallest absolute Gasteiger partial charge is 0.275 e. The van der Waals surface area contributed by atoms with E-state index in [1.165, 1.54) is 15.1 Å². The maximum Gasteiger partial charge on any atom is 0.275 e. The van der Waals surface area contributed by atoms with Gasteiger partial charge in [0.25, 0.3) is 11.5 Å². The first kappa shape index (κ1) is 22.0. The summed E-state index contributed by atoms with van der Waals surface area (Å²) in [5.74, 6) is -0.0982. The Morgan fingerprint density at radius 1 is 0.794 bits per heavy atom. The fourth-order valence-electron chi connectivity index (χ4n) is 4.72. The maximum atomic E-state index is 13.7. The van der Waals surface area contributed by atoms with Gasteiger partial charge in [0.05, 0.1) is 31.6 Å². The van der Waals surface area contributed by atoms with E-state index < -0.39 is 0 Å². The second kappa shape index (κ2) is 10.0. The molecule has 6 nitrogen and oxygen atoms in total. The summed E-state index contributed by atoms with van der Waals surface area (Å²) < 4.78 is 1.43. The van der Waals surface area contributed by atoms with E-state index in [1.807, 2.05) is 59.5 Å². The van der Waals surface area contributed by atoms with Crippen LogP contribution in [-0.2, 0) is 13.1 Å². The summed E-state index contributed by atoms with van der Waals surface area (Å²) in [6.07, 6.45) is 0.940. The van der Waals surface area contributed by atoms with Gasteiger partial charge in [0.2, 0.25) is 0 Å². The molecule has 5 rings (SSSR count). The molecule has 1 aromatic heterocycles. The molecule has 34 heavy (non-hydrogen) atoms. The van der Waals surface area contributed by atoms with Crippen LogP contribution in [0, 0.1) is 0 Å². The minimum Gasteiger partial charge on any atom is -0.331 e. The number of amides is 1. The number of fused-ring (bicyclic) bond motifs is 1. The average Bonchev–Trinajstić information content (AvgIpc) is 3.12. The topological polar surface area (TPSA) is 59.6 Å². The maximum absolute atomic E-state index is 13.7. The number of quaternary nitrogens is 1. The molecule has 1 unspecified atom stereocenters. The molecule has 0 radical (unpaired) electrons. The molecule has 1 fully saturated rings. The van der Waals surface area contributed by atoms with Crippen molar-refractivity contribution in [1.82, 2.24) is 14.7 Å². The van der Waals surface area contributed by atoms with Crippen molar-refractivity contribution in [2.24, 2.45) is 0 Å². The second-order valence-corrected chi connectivity index (χ2v) is 8.90. The number of rotatable bonds is 5. The number of hydrogen-bond donors (Lipinski definition) is 1. The van der Waals surface area contributed by atoms with E-state index in [1.54, 1.807) is 6.07 Å². The monoisotopic (exact) mass is 453 g/mol. The predicted molar refractivity (Wildman–Crippen MR) is 133 cm³/mol. The Labute approximate surface area is 199 Å². The molecule has 1 N–H and O–H groups in total. The van der Waals surface area contributed by atoms with Crippen LogP contribution in [0.4, 0.5) is 0 Å². The minimum absolute atomic E-state index is 0.0982. The molecule has 1 aliphatic rings. The van der Waals surface area contributed by atoms with Crippen molar-refractivity contribution in [3.05, 3.63) is 112 Å². The third kappa shape index (κ3) is 4.77. The van der Waals surface area contributed by atoms with Gasteiger partial charge in [0.1, 0.15) is 6.54 Å². The van der Waals surface area contributed by atoms with Gasteiger partial charge < -0.3 is 9.80 Å². The number of nitrogens with zero attached hydrogens (tertiary/aromatic N) is 3. The quantitative estimate of drug-likeness (QED) is 0.505. The van der Waals surface area contributed by atoms with Crippen LogP contribution in [0.2, 0.25) is 0 Å². The molecular formula is C28H29N4O2+. The Hall–Kier alpha value is -3.77. The zero-order valence-electron chi connectivity index (χ0n) is 19.2. The fourth-order valence-corrected chi connectivity index (χ4v) is 4.72. The summed E-state index contributed by atoms with van der Waals surface area (Å²) in [5, 5.41) is 5.75. The van der Waals surface area contributed by atoms with Crippen LogP contribution in [0.1, 0.15) is 28.0 Å². The lowest BCUT2D eigenvalue weighted by atomic mass is 10.1. The Kier molecular flexibility index (Phi) is 6.49. The van der Waals surface area contributed by atoms with Crippen molar-refractivity contribution in [3.8, 4) is 0 Å². The van der Waals surface area contributed by atoms with Gasteiger partial charge in [-0.25, -0.2) is 4.68 Å². The van der Waals surface area contributed by atoms with Crippen molar-refractivity contribution in [3.63, 3.8) is 0 Å². The van der Waals surface area contributed by atoms with Crippen LogP contribution in [0.25, 0.3) is 10.8 Å². The summed E-state index contributed by atoms with van der Waals surface area (Å²) in [6, 6.07) is 27.5. The molecule has 6 heteroatoms. The fraction of sp³-hybridized carbons (Fsp3) is 0.250. The first-order valence-electron chi connectivity index (χ1n) is 11.9. The van der Waals surface area contributed by atoms with Crippen molar-refractivity contribution in [1.29, 1.82) is 0 Å². The van der Waals surface area contributed by atoms with Crippen LogP contribution in [0.3, 0.4) is 0 Å². The van der Waals surface area contributed by atoms with Crippen LogP contribution < -0.4 is 10.5 Å². The lowest BCUT2D eigenvalue weighted by Crippen LogP contribution is -3.11. The molecule has 3 aromatic carbocycles. The van der Waals surface area contributed by atoms with Crippen molar-refractivity contribution < 1.29 is 9.69 Å². The highest BCUT2D eigenvalue weighted by molar-refractivity contribution is 6.04. The molecule has 0 saturated carbocycles. The first-order valence-corrected chi connectivity index (χ1v) is 11.9. The second-order valence-electron chi connectivity index (χ2n) is 8.90. The summed E-state index contributed by atoms with van der Waals surface area (Å²) in [7, 11) is 0. The first-order chi connectivity index (χ1) is 16.7. The highest BCUT2D eigenvalue weighted by atomic mass is 16.2. The van der Waals surface area contributed by atoms with Crippen LogP contribution >= 0.6 is 0 Å². The predicted octanol–water partition coefficient (Wildman–Crippen LogP) is 2.38. The lowest BCUT2D eigenvalue weighted by molar-refractivity contribution is -0.911. The summed E-state index contributed by atoms with van der Waals surface area (Å²) in [4.78, 5) is 30.2. The van der Waals surface area contributed by atoms with E-state index in [0.29, 0.717) is 36.1 Å². The number of nitrogens with one attached hydrogen (secondary N) is 1. The molecule has 2 heterocycles. The number of aromatic nitrogens is 2. The van der Waals surface area contributed by atoms with Crippen molar-refractivity contribution in [2.75, 3.05) is 26.2 Å². The van der Waals surface area contributed by atoms with Gasteiger partial charge in [-0.1, -0.05) is 78.9 Å². The average molecular weight is 454 g/mol. The molecule has 1 atom stereocenters. The molecule has 1 amide bonds. The molecule has 1 saturated heterocycles. The van der Waals surface area contributed by atoms with Gasteiger partial charge in [-0.15, -0.1) is 0 Å². The van der Waals surface area contributed by atoms with Gasteiger partial charge in [-0.05, 0) is 11.6 Å². The Morgan fingerprint density at radius 2 is 1.44 bits per heavy atom. The van der Waals surface area contributed by atoms with Crippen molar-refractivity contribution >= 4 is 16.7 Å². The normalized spacial score (nSPS) is 16.4. The zero-order valence-corrected chi connectivity index (χ0v) is 19.2. The number of hydrogen-bond acceptors (Lipinski definition) is 3. The number of carbonyl (C=O) groups excluding carboxylic acids is 1. The third-order valence-corrected chi connectivity index (χ3v) is 6.52. The van der Waals surface area contributed by atoms with Gasteiger partial charge >= 0.3 is 0 Å². The molecule has 4 aromatic rings. The van der Waals surface area contributed by atoms with Gasteiger partial charge in [-0.2, -0.15) is 5.10 Å². The Balaban J connectivity index is 1.41. The van der Waals surface area contributed by atoms with Gasteiger partial charge in [-0.3, -0.25) is 9.59 Å². The molecule has 1 aliphatic heterocycles. The van der Waals surface area contributed by atoms with E-state index in [-0.39, 0.29) is 11.5 Å². The highest BCUT2D eigenvalue weighted by Crippen LogP contribution is 2.16. The van der Waals surface area contributed by atoms with E-state index in [9.17, 15) is 9.59 Å². The van der Waals surface area contributed by atoms with Crippen LogP contribution in [0.5, 0.6) is 0 Å². The molecule has 0 aliphatic carbocycles. The number of benzene rings is 3. The van der Waals surface area contributed by atoms with Crippen molar-refractivity contribution in [2.45, 2.75) is 19.5 Å². The zero-order chi connectivity index (χ0) is 23.3. The summed E-state index contributed by atoms with van der Waals surface area (Å²) in [6.45, 7) is 4.59. The van der Waals surface area contributed by atoms with E-state index in [4.69, 9.17) is 0 Å². The van der Waals surface area contributed by atoms with E-state index in [2.05, 4.69) is 29.4 Å². The molecule has 0 spiro atoms. The number of carbonyl (C=O) groups is 1. The SMILES string of the molecule is O=C(c1nn(Cc2ccccc2)c(=O)c2ccccc12)N1CCC[NH+](Cc2ccccc2)CC1. The standard InChI is InChI=1S/C28H28N4O2/c33-27-25-15-8-7-14-24(25)26(29-32(27)21-23-12-5-2-6-13-23)28(34)31-17-9-16-30(18-19-31)20-22-10-3-1-4-11-22/h1-8,10-15H,9,16-21H2/p+1. The van der Waals surface area contributed by atoms with E-state index in [0.717, 1.165) is 31.6 Å². The largest absolute Gasteiger partial charge is 0.331 e. The van der Waals surface area contributed by atoms with Crippen LogP contribution in [-0.4, -0.2) is 46.8 Å². The Bertz CT molecular complexity index is 1340. The third-order valence-electron chi connectivity index (χ3n) is 6.52. The van der Waals surface area contributed by atoms with Gasteiger partial charge in [0.15, 0.2) is 5.69 Å². The minimum atomic E-state index is -0.176. The Morgan fingerprint density at radius 3 is 2.18 bits per heavy atom. The summed E-state index contributed by atoms with van der Waals surface area (Å²) >= 11 is 0. The van der Waals surface area contributed by atoms with Gasteiger partial charge in [0, 0.05) is 23.9 Å². The lowest BCUT2D eigenvalue weighted by Gasteiger charge is -2.21. The molecular weight excluding hydrogens is 424 g/mol.